The number of nitrogens with zero attached hydrogens (tertiary/aromatic N) is 4. The van der Waals surface area contributed by atoms with Gasteiger partial charge in [-0.05, 0) is 59.2 Å². The van der Waals surface area contributed by atoms with E-state index in [0.717, 1.165) is 16.7 Å². The van der Waals surface area contributed by atoms with Gasteiger partial charge in [-0.3, -0.25) is 0 Å². The van der Waals surface area contributed by atoms with E-state index >= 15 is 0 Å². The Morgan fingerprint density at radius 2 is 1.94 bits per heavy atom. The van der Waals surface area contributed by atoms with Gasteiger partial charge in [0.2, 0.25) is 5.90 Å². The van der Waals surface area contributed by atoms with E-state index in [2.05, 4.69) is 16.0 Å². The molecule has 174 valence electrons. The summed E-state index contributed by atoms with van der Waals surface area (Å²) in [5.74, 6) is 0.443. The van der Waals surface area contributed by atoms with E-state index in [1.807, 2.05) is 71.3 Å². The monoisotopic (exact) mass is 482 g/mol. The lowest BCUT2D eigenvalue weighted by molar-refractivity contribution is 0.210. The predicted molar refractivity (Wildman–Crippen MR) is 138 cm³/mol. The summed E-state index contributed by atoms with van der Waals surface area (Å²) in [7, 11) is 1.56. The van der Waals surface area contributed by atoms with Gasteiger partial charge in [0.25, 0.3) is 0 Å². The molecule has 0 bridgehead atoms. The molecule has 1 unspecified atom stereocenters. The van der Waals surface area contributed by atoms with E-state index in [9.17, 15) is 5.11 Å². The maximum Gasteiger partial charge on any atom is 0.213 e. The number of aromatic nitrogens is 2. The minimum Gasteiger partial charge on any atom is -0.481 e. The molecular weight excluding hydrogens is 460 g/mol. The maximum absolute atomic E-state index is 11.0. The molecule has 6 nitrogen and oxygen atoms in total. The van der Waals surface area contributed by atoms with Crippen molar-refractivity contribution in [3.63, 3.8) is 0 Å². The molecule has 0 aliphatic carbocycles. The lowest BCUT2D eigenvalue weighted by atomic mass is 10.1. The highest BCUT2D eigenvalue weighted by molar-refractivity contribution is 6.30. The summed E-state index contributed by atoms with van der Waals surface area (Å²) in [4.78, 5) is 8.73. The largest absolute Gasteiger partial charge is 0.481 e. The van der Waals surface area contributed by atoms with Crippen LogP contribution < -0.4 is 0 Å². The molecule has 1 atom stereocenters. The number of nitriles is 1. The first-order valence-corrected chi connectivity index (χ1v) is 11.3. The van der Waals surface area contributed by atoms with Crippen molar-refractivity contribution >= 4 is 29.3 Å². The Bertz CT molecular complexity index is 1380. The minimum atomic E-state index is -0.849. The summed E-state index contributed by atoms with van der Waals surface area (Å²) >= 11 is 6.03. The van der Waals surface area contributed by atoms with Crippen molar-refractivity contribution in [2.24, 2.45) is 4.99 Å². The molecule has 35 heavy (non-hydrogen) atoms. The topological polar surface area (TPSA) is 83.4 Å². The number of rotatable bonds is 7. The Hall–Kier alpha value is -4.18. The van der Waals surface area contributed by atoms with Crippen LogP contribution in [0.25, 0.3) is 6.08 Å². The molecule has 7 heteroatoms. The zero-order chi connectivity index (χ0) is 24.6. The average Bonchev–Trinajstić information content (AvgIpc) is 3.35. The van der Waals surface area contributed by atoms with Gasteiger partial charge in [0, 0.05) is 17.6 Å². The Morgan fingerprint density at radius 1 is 1.17 bits per heavy atom. The summed E-state index contributed by atoms with van der Waals surface area (Å²) in [6.45, 7) is 0.538. The SMILES string of the molecule is COC(/C=C/c1cccc(Cl)c1)=Nc1ccc(C(O)c2cncn2Cc2ccc(C#N)cc2)cc1. The number of hydrogen-bond acceptors (Lipinski definition) is 5. The summed E-state index contributed by atoms with van der Waals surface area (Å²) in [6.07, 6.45) is 6.15. The molecule has 0 saturated heterocycles. The summed E-state index contributed by atoms with van der Waals surface area (Å²) in [5, 5.41) is 20.6. The van der Waals surface area contributed by atoms with Crippen LogP contribution in [0.2, 0.25) is 5.02 Å². The summed E-state index contributed by atoms with van der Waals surface area (Å²) < 4.78 is 7.27. The number of aliphatic imine (C=N–C) groups is 1. The van der Waals surface area contributed by atoms with Crippen molar-refractivity contribution in [3.8, 4) is 6.07 Å². The molecule has 0 radical (unpaired) electrons. The van der Waals surface area contributed by atoms with Gasteiger partial charge in [0.1, 0.15) is 6.10 Å². The molecule has 3 aromatic carbocycles. The Balaban J connectivity index is 1.47. The smallest absolute Gasteiger partial charge is 0.213 e. The molecule has 1 aromatic heterocycles. The van der Waals surface area contributed by atoms with Gasteiger partial charge >= 0.3 is 0 Å². The normalized spacial score (nSPS) is 12.5. The van der Waals surface area contributed by atoms with Gasteiger partial charge < -0.3 is 14.4 Å². The van der Waals surface area contributed by atoms with Crippen LogP contribution >= 0.6 is 11.6 Å². The number of aliphatic hydroxyl groups excluding tert-OH is 1. The maximum atomic E-state index is 11.0. The molecule has 0 fully saturated rings. The molecule has 1 N–H and O–H groups in total. The number of halogens is 1. The first-order valence-electron chi connectivity index (χ1n) is 10.9. The highest BCUT2D eigenvalue weighted by Crippen LogP contribution is 2.25. The molecule has 0 aliphatic heterocycles. The fourth-order valence-corrected chi connectivity index (χ4v) is 3.73. The van der Waals surface area contributed by atoms with Crippen molar-refractivity contribution in [1.82, 2.24) is 9.55 Å². The minimum absolute atomic E-state index is 0.443. The second-order valence-electron chi connectivity index (χ2n) is 7.79. The number of aliphatic hydroxyl groups is 1. The van der Waals surface area contributed by atoms with E-state index in [-0.39, 0.29) is 0 Å². The third-order valence-corrected chi connectivity index (χ3v) is 5.62. The van der Waals surface area contributed by atoms with Gasteiger partial charge in [0.15, 0.2) is 0 Å². The third-order valence-electron chi connectivity index (χ3n) is 5.38. The Morgan fingerprint density at radius 3 is 2.63 bits per heavy atom. The van der Waals surface area contributed by atoms with Crippen LogP contribution in [0.15, 0.2) is 96.4 Å². The molecule has 1 heterocycles. The lowest BCUT2D eigenvalue weighted by Gasteiger charge is -2.14. The number of ether oxygens (including phenoxy) is 1. The standard InChI is InChI=1S/C28H23ClN4O2/c1-35-27(14-9-20-3-2-4-24(29)15-20)32-25-12-10-23(11-13-25)28(34)26-17-31-19-33(26)18-22-7-5-21(16-30)6-8-22/h2-15,17,19,28,34H,18H2,1H3/b14-9+,32-27?. The number of methoxy groups -OCH3 is 1. The zero-order valence-electron chi connectivity index (χ0n) is 19.0. The van der Waals surface area contributed by atoms with Crippen molar-refractivity contribution < 1.29 is 9.84 Å². The van der Waals surface area contributed by atoms with Crippen molar-refractivity contribution in [2.75, 3.05) is 7.11 Å². The van der Waals surface area contributed by atoms with Crippen molar-refractivity contribution in [2.45, 2.75) is 12.6 Å². The van der Waals surface area contributed by atoms with E-state index in [4.69, 9.17) is 21.6 Å². The van der Waals surface area contributed by atoms with Crippen LogP contribution in [0.4, 0.5) is 5.69 Å². The average molecular weight is 483 g/mol. The zero-order valence-corrected chi connectivity index (χ0v) is 19.8. The van der Waals surface area contributed by atoms with Crippen LogP contribution in [0.5, 0.6) is 0 Å². The quantitative estimate of drug-likeness (QED) is 0.261. The first kappa shape index (κ1) is 24.0. The number of imidazole rings is 1. The van der Waals surface area contributed by atoms with Gasteiger partial charge in [-0.25, -0.2) is 9.98 Å². The summed E-state index contributed by atoms with van der Waals surface area (Å²) in [5.41, 5.74) is 4.65. The van der Waals surface area contributed by atoms with Gasteiger partial charge in [-0.1, -0.05) is 48.0 Å². The number of benzene rings is 3. The van der Waals surface area contributed by atoms with Gasteiger partial charge in [-0.15, -0.1) is 0 Å². The van der Waals surface area contributed by atoms with E-state index in [0.29, 0.717) is 34.4 Å². The first-order chi connectivity index (χ1) is 17.1. The third kappa shape index (κ3) is 6.24. The molecule has 0 amide bonds. The molecule has 4 rings (SSSR count). The second-order valence-corrected chi connectivity index (χ2v) is 8.23. The van der Waals surface area contributed by atoms with E-state index < -0.39 is 6.10 Å². The van der Waals surface area contributed by atoms with Crippen LogP contribution in [0.3, 0.4) is 0 Å². The van der Waals surface area contributed by atoms with E-state index in [1.165, 1.54) is 0 Å². The van der Waals surface area contributed by atoms with Crippen LogP contribution in [0.1, 0.15) is 34.1 Å². The summed E-state index contributed by atoms with van der Waals surface area (Å²) in [6, 6.07) is 24.3. The fourth-order valence-electron chi connectivity index (χ4n) is 3.53. The lowest BCUT2D eigenvalue weighted by Crippen LogP contribution is -2.09. The molecule has 0 spiro atoms. The Kier molecular flexibility index (Phi) is 7.74. The number of hydrogen-bond donors (Lipinski definition) is 1. The van der Waals surface area contributed by atoms with E-state index in [1.54, 1.807) is 37.8 Å². The van der Waals surface area contributed by atoms with Crippen LogP contribution in [0, 0.1) is 11.3 Å². The van der Waals surface area contributed by atoms with Crippen LogP contribution in [-0.4, -0.2) is 27.7 Å². The fraction of sp³-hybridized carbons (Fsp3) is 0.107. The predicted octanol–water partition coefficient (Wildman–Crippen LogP) is 5.93. The molecule has 4 aromatic rings. The van der Waals surface area contributed by atoms with Gasteiger partial charge in [-0.2, -0.15) is 5.26 Å². The second kappa shape index (κ2) is 11.3. The van der Waals surface area contributed by atoms with Crippen LogP contribution in [-0.2, 0) is 11.3 Å². The van der Waals surface area contributed by atoms with Crippen molar-refractivity contribution in [1.29, 1.82) is 5.26 Å². The molecule has 0 aliphatic rings. The van der Waals surface area contributed by atoms with Gasteiger partial charge in [0.05, 0.1) is 42.6 Å². The highest BCUT2D eigenvalue weighted by Gasteiger charge is 2.15. The molecule has 0 saturated carbocycles. The Labute approximate surface area is 209 Å². The van der Waals surface area contributed by atoms with Crippen molar-refractivity contribution in [3.05, 3.63) is 124 Å². The highest BCUT2D eigenvalue weighted by atomic mass is 35.5. The molecular formula is C28H23ClN4O2.